The van der Waals surface area contributed by atoms with E-state index in [4.69, 9.17) is 9.16 Å². The van der Waals surface area contributed by atoms with Gasteiger partial charge >= 0.3 is 0 Å². The second-order valence-corrected chi connectivity index (χ2v) is 14.0. The Kier molecular flexibility index (Phi) is 8.68. The lowest BCUT2D eigenvalue weighted by molar-refractivity contribution is 0.123. The summed E-state index contributed by atoms with van der Waals surface area (Å²) in [6.07, 6.45) is 10.8. The minimum Gasteiger partial charge on any atom is -0.443 e. The highest BCUT2D eigenvalue weighted by atomic mass is 28.4. The Balaban J connectivity index is 1.98. The summed E-state index contributed by atoms with van der Waals surface area (Å²) in [5, 5.41) is 0.171. The van der Waals surface area contributed by atoms with Crippen LogP contribution in [0.3, 0.4) is 0 Å². The van der Waals surface area contributed by atoms with Crippen LogP contribution >= 0.6 is 0 Å². The van der Waals surface area contributed by atoms with E-state index in [0.717, 1.165) is 18.4 Å². The Morgan fingerprint density at radius 1 is 1.00 bits per heavy atom. The number of hydrogen-bond donors (Lipinski definition) is 0. The van der Waals surface area contributed by atoms with E-state index in [1.807, 2.05) is 30.3 Å². The van der Waals surface area contributed by atoms with Gasteiger partial charge in [0.25, 0.3) is 0 Å². The van der Waals surface area contributed by atoms with Crippen LogP contribution < -0.4 is 0 Å². The summed E-state index contributed by atoms with van der Waals surface area (Å²) in [4.78, 5) is 0. The van der Waals surface area contributed by atoms with Crippen molar-refractivity contribution in [3.63, 3.8) is 0 Å². The zero-order valence-electron chi connectivity index (χ0n) is 18.3. The second kappa shape index (κ2) is 10.8. The van der Waals surface area contributed by atoms with Gasteiger partial charge in [0, 0.05) is 18.4 Å². The van der Waals surface area contributed by atoms with Gasteiger partial charge in [-0.05, 0) is 55.9 Å². The van der Waals surface area contributed by atoms with Crippen LogP contribution in [0.25, 0.3) is 0 Å². The van der Waals surface area contributed by atoms with Crippen molar-refractivity contribution >= 4 is 8.32 Å². The standard InChI is InChI=1S/C25H36O2Si/c1-25(2,3)28(4,5)27-24(19-12-16-22-14-8-6-9-15-22)20-13-21-26-23-17-10-7-11-18-23/h6,8-9,14-15,23-24H,7,10-11,17-20H2,1-5H3. The lowest BCUT2D eigenvalue weighted by atomic mass is 9.98. The summed E-state index contributed by atoms with van der Waals surface area (Å²) in [5.41, 5.74) is 1.04. The minimum absolute atomic E-state index is 0.0274. The Morgan fingerprint density at radius 3 is 2.29 bits per heavy atom. The predicted octanol–water partition coefficient (Wildman–Crippen LogP) is 6.52. The minimum atomic E-state index is -1.87. The molecule has 1 saturated carbocycles. The predicted molar refractivity (Wildman–Crippen MR) is 120 cm³/mol. The first-order valence-corrected chi connectivity index (χ1v) is 13.5. The van der Waals surface area contributed by atoms with Gasteiger partial charge in [-0.1, -0.05) is 63.2 Å². The SMILES string of the molecule is CC(C)(C)[Si](C)(C)OC(CC#COC1CCCCC1)CC#Cc1ccccc1. The van der Waals surface area contributed by atoms with E-state index in [1.165, 1.54) is 19.3 Å². The molecule has 1 fully saturated rings. The van der Waals surface area contributed by atoms with E-state index in [-0.39, 0.29) is 11.1 Å². The van der Waals surface area contributed by atoms with Gasteiger partial charge in [-0.3, -0.25) is 0 Å². The largest absolute Gasteiger partial charge is 0.443 e. The molecule has 0 radical (unpaired) electrons. The van der Waals surface area contributed by atoms with Gasteiger partial charge in [0.15, 0.2) is 8.32 Å². The Hall–Kier alpha value is -1.68. The monoisotopic (exact) mass is 396 g/mol. The van der Waals surface area contributed by atoms with Crippen molar-refractivity contribution in [1.82, 2.24) is 0 Å². The molecule has 0 saturated heterocycles. The molecule has 152 valence electrons. The Morgan fingerprint density at radius 2 is 1.64 bits per heavy atom. The summed E-state index contributed by atoms with van der Waals surface area (Å²) in [6.45, 7) is 11.4. The van der Waals surface area contributed by atoms with Gasteiger partial charge in [0.2, 0.25) is 0 Å². The van der Waals surface area contributed by atoms with Crippen molar-refractivity contribution in [2.45, 2.75) is 96.1 Å². The van der Waals surface area contributed by atoms with Crippen LogP contribution in [0.4, 0.5) is 0 Å². The van der Waals surface area contributed by atoms with Gasteiger partial charge in [-0.15, -0.1) is 0 Å². The third-order valence-corrected chi connectivity index (χ3v) is 10.3. The maximum absolute atomic E-state index is 6.61. The molecule has 1 aliphatic carbocycles. The smallest absolute Gasteiger partial charge is 0.192 e. The fourth-order valence-electron chi connectivity index (χ4n) is 3.00. The van der Waals surface area contributed by atoms with Gasteiger partial charge < -0.3 is 9.16 Å². The topological polar surface area (TPSA) is 18.5 Å². The maximum atomic E-state index is 6.61. The van der Waals surface area contributed by atoms with Crippen molar-refractivity contribution < 1.29 is 9.16 Å². The molecule has 0 spiro atoms. The van der Waals surface area contributed by atoms with Crippen LogP contribution in [0.1, 0.15) is 71.3 Å². The first-order valence-electron chi connectivity index (χ1n) is 10.6. The number of rotatable bonds is 5. The van der Waals surface area contributed by atoms with Crippen molar-refractivity contribution in [2.24, 2.45) is 0 Å². The number of hydrogen-bond acceptors (Lipinski definition) is 2. The maximum Gasteiger partial charge on any atom is 0.192 e. The van der Waals surface area contributed by atoms with Gasteiger partial charge in [0.05, 0.1) is 6.10 Å². The molecular formula is C25H36O2Si. The van der Waals surface area contributed by atoms with E-state index in [1.54, 1.807) is 0 Å². The lowest BCUT2D eigenvalue weighted by Crippen LogP contribution is -2.43. The fourth-order valence-corrected chi connectivity index (χ4v) is 4.35. The van der Waals surface area contributed by atoms with Crippen molar-refractivity contribution in [3.05, 3.63) is 35.9 Å². The van der Waals surface area contributed by atoms with Crippen LogP contribution in [0, 0.1) is 23.9 Å². The van der Waals surface area contributed by atoms with Crippen LogP contribution in [-0.4, -0.2) is 20.5 Å². The number of ether oxygens (including phenoxy) is 1. The van der Waals surface area contributed by atoms with E-state index >= 15 is 0 Å². The first-order chi connectivity index (χ1) is 13.3. The molecule has 0 N–H and O–H groups in total. The molecular weight excluding hydrogens is 360 g/mol. The van der Waals surface area contributed by atoms with E-state index in [0.29, 0.717) is 18.9 Å². The normalized spacial score (nSPS) is 16.3. The molecule has 28 heavy (non-hydrogen) atoms. The van der Waals surface area contributed by atoms with Crippen molar-refractivity contribution in [3.8, 4) is 23.9 Å². The summed E-state index contributed by atoms with van der Waals surface area (Å²) in [6, 6.07) is 10.1. The molecule has 2 rings (SSSR count). The molecule has 1 aromatic rings. The quantitative estimate of drug-likeness (QED) is 0.417. The molecule has 1 unspecified atom stereocenters. The highest BCUT2D eigenvalue weighted by molar-refractivity contribution is 6.74. The summed E-state index contributed by atoms with van der Waals surface area (Å²) < 4.78 is 12.4. The zero-order chi connectivity index (χ0) is 20.5. The van der Waals surface area contributed by atoms with Gasteiger partial charge in [-0.2, -0.15) is 0 Å². The molecule has 2 nitrogen and oxygen atoms in total. The molecule has 1 aromatic carbocycles. The van der Waals surface area contributed by atoms with Gasteiger partial charge in [0.1, 0.15) is 12.2 Å². The van der Waals surface area contributed by atoms with Crippen LogP contribution in [0.2, 0.25) is 18.1 Å². The summed E-state index contributed by atoms with van der Waals surface area (Å²) in [5.74, 6) is 9.77. The second-order valence-electron chi connectivity index (χ2n) is 9.23. The van der Waals surface area contributed by atoms with Crippen LogP contribution in [0.5, 0.6) is 0 Å². The third-order valence-electron chi connectivity index (χ3n) is 5.78. The molecule has 0 amide bonds. The van der Waals surface area contributed by atoms with E-state index in [2.05, 4.69) is 57.7 Å². The Labute approximate surface area is 173 Å². The zero-order valence-corrected chi connectivity index (χ0v) is 19.3. The van der Waals surface area contributed by atoms with Crippen molar-refractivity contribution in [2.75, 3.05) is 0 Å². The van der Waals surface area contributed by atoms with Crippen LogP contribution in [-0.2, 0) is 9.16 Å². The van der Waals surface area contributed by atoms with E-state index < -0.39 is 8.32 Å². The fraction of sp³-hybridized carbons (Fsp3) is 0.600. The average molecular weight is 397 g/mol. The molecule has 0 aliphatic heterocycles. The summed E-state index contributed by atoms with van der Waals surface area (Å²) >= 11 is 0. The molecule has 3 heteroatoms. The molecule has 1 atom stereocenters. The number of benzene rings is 1. The highest BCUT2D eigenvalue weighted by Gasteiger charge is 2.38. The third kappa shape index (κ3) is 7.74. The highest BCUT2D eigenvalue weighted by Crippen LogP contribution is 2.37. The first kappa shape index (κ1) is 22.6. The van der Waals surface area contributed by atoms with Crippen molar-refractivity contribution in [1.29, 1.82) is 0 Å². The summed E-state index contributed by atoms with van der Waals surface area (Å²) in [7, 11) is -1.87. The Bertz CT molecular complexity index is 704. The van der Waals surface area contributed by atoms with Crippen LogP contribution in [0.15, 0.2) is 30.3 Å². The molecule has 0 heterocycles. The lowest BCUT2D eigenvalue weighted by Gasteiger charge is -2.38. The molecule has 0 aromatic heterocycles. The molecule has 1 aliphatic rings. The van der Waals surface area contributed by atoms with Gasteiger partial charge in [-0.25, -0.2) is 0 Å². The molecule has 0 bridgehead atoms. The van der Waals surface area contributed by atoms with E-state index in [9.17, 15) is 0 Å². The average Bonchev–Trinajstić information content (AvgIpc) is 2.65.